The number of rotatable bonds is 3. The Morgan fingerprint density at radius 2 is 2.19 bits per heavy atom. The molecule has 0 N–H and O–H groups in total. The molecule has 4 nitrogen and oxygen atoms in total. The molecule has 82 valence electrons. The molecular formula is C11H10ClN3O. The second kappa shape index (κ2) is 4.45. The maximum Gasteiger partial charge on any atom is 0.172 e. The zero-order chi connectivity index (χ0) is 11.5. The normalized spacial score (nSPS) is 10.4. The molecule has 1 heterocycles. The molecule has 0 saturated heterocycles. The van der Waals surface area contributed by atoms with Crippen molar-refractivity contribution in [3.05, 3.63) is 40.7 Å². The minimum Gasteiger partial charge on any atom is -0.296 e. The molecule has 0 aliphatic carbocycles. The van der Waals surface area contributed by atoms with Gasteiger partial charge in [0.15, 0.2) is 6.29 Å². The highest BCUT2D eigenvalue weighted by atomic mass is 35.5. The predicted octanol–water partition coefficient (Wildman–Crippen LogP) is 2.30. The van der Waals surface area contributed by atoms with Gasteiger partial charge in [0, 0.05) is 0 Å². The summed E-state index contributed by atoms with van der Waals surface area (Å²) in [5.74, 6) is 0. The van der Waals surface area contributed by atoms with E-state index in [0.29, 0.717) is 23.4 Å². The smallest absolute Gasteiger partial charge is 0.172 e. The van der Waals surface area contributed by atoms with Crippen molar-refractivity contribution in [1.29, 1.82) is 0 Å². The molecule has 0 unspecified atom stereocenters. The second-order valence-electron chi connectivity index (χ2n) is 3.26. The van der Waals surface area contributed by atoms with E-state index in [9.17, 15) is 4.79 Å². The average Bonchev–Trinajstić information content (AvgIpc) is 2.72. The Hall–Kier alpha value is -1.68. The van der Waals surface area contributed by atoms with E-state index < -0.39 is 0 Å². The molecule has 5 heteroatoms. The number of carbonyl (C=O) groups is 1. The number of carbonyl (C=O) groups excluding carboxylic acids is 1. The van der Waals surface area contributed by atoms with Crippen LogP contribution in [0.25, 0.3) is 5.69 Å². The van der Waals surface area contributed by atoms with Crippen molar-refractivity contribution in [3.63, 3.8) is 0 Å². The Kier molecular flexibility index (Phi) is 3.01. The Morgan fingerprint density at radius 3 is 2.81 bits per heavy atom. The molecule has 1 aromatic carbocycles. The number of halogens is 1. The number of aldehydes is 1. The van der Waals surface area contributed by atoms with Crippen molar-refractivity contribution in [2.45, 2.75) is 13.3 Å². The van der Waals surface area contributed by atoms with E-state index >= 15 is 0 Å². The van der Waals surface area contributed by atoms with E-state index in [0.717, 1.165) is 11.4 Å². The van der Waals surface area contributed by atoms with Gasteiger partial charge in [-0.25, -0.2) is 4.68 Å². The summed E-state index contributed by atoms with van der Waals surface area (Å²) < 4.78 is 1.60. The van der Waals surface area contributed by atoms with Crippen LogP contribution in [0.3, 0.4) is 0 Å². The van der Waals surface area contributed by atoms with E-state index in [1.54, 1.807) is 10.7 Å². The predicted molar refractivity (Wildman–Crippen MR) is 61.1 cm³/mol. The van der Waals surface area contributed by atoms with Crippen molar-refractivity contribution in [2.24, 2.45) is 0 Å². The first-order chi connectivity index (χ1) is 7.77. The van der Waals surface area contributed by atoms with Crippen molar-refractivity contribution in [3.8, 4) is 5.69 Å². The molecular weight excluding hydrogens is 226 g/mol. The van der Waals surface area contributed by atoms with Gasteiger partial charge in [-0.15, -0.1) is 5.10 Å². The zero-order valence-corrected chi connectivity index (χ0v) is 9.48. The topological polar surface area (TPSA) is 47.8 Å². The van der Waals surface area contributed by atoms with Gasteiger partial charge in [0.2, 0.25) is 0 Å². The lowest BCUT2D eigenvalue weighted by atomic mass is 10.2. The zero-order valence-electron chi connectivity index (χ0n) is 8.72. The molecule has 0 atom stereocenters. The fraction of sp³-hybridized carbons (Fsp3) is 0.182. The van der Waals surface area contributed by atoms with Crippen molar-refractivity contribution in [2.75, 3.05) is 0 Å². The fourth-order valence-corrected chi connectivity index (χ4v) is 1.77. The van der Waals surface area contributed by atoms with Crippen LogP contribution in [0.1, 0.15) is 23.1 Å². The first-order valence-electron chi connectivity index (χ1n) is 4.92. The Bertz CT molecular complexity index is 522. The molecule has 2 aromatic rings. The van der Waals surface area contributed by atoms with E-state index in [1.807, 2.05) is 25.1 Å². The maximum atomic E-state index is 10.8. The summed E-state index contributed by atoms with van der Waals surface area (Å²) in [4.78, 5) is 10.8. The third kappa shape index (κ3) is 1.72. The van der Waals surface area contributed by atoms with Gasteiger partial charge < -0.3 is 0 Å². The summed E-state index contributed by atoms with van der Waals surface area (Å²) in [6.07, 6.45) is 1.38. The van der Waals surface area contributed by atoms with Gasteiger partial charge in [-0.1, -0.05) is 35.9 Å². The van der Waals surface area contributed by atoms with E-state index in [-0.39, 0.29) is 0 Å². The minimum absolute atomic E-state index is 0.363. The van der Waals surface area contributed by atoms with Crippen LogP contribution < -0.4 is 0 Å². The van der Waals surface area contributed by atoms with E-state index in [2.05, 4.69) is 10.3 Å². The Morgan fingerprint density at radius 1 is 1.44 bits per heavy atom. The highest BCUT2D eigenvalue weighted by Crippen LogP contribution is 2.21. The quantitative estimate of drug-likeness (QED) is 0.767. The van der Waals surface area contributed by atoms with Crippen LogP contribution in [0.4, 0.5) is 0 Å². The maximum absolute atomic E-state index is 10.8. The van der Waals surface area contributed by atoms with E-state index in [4.69, 9.17) is 11.6 Å². The number of para-hydroxylation sites is 1. The Labute approximate surface area is 97.8 Å². The van der Waals surface area contributed by atoms with Crippen LogP contribution in [0.2, 0.25) is 5.02 Å². The number of hydrogen-bond donors (Lipinski definition) is 0. The summed E-state index contributed by atoms with van der Waals surface area (Å²) in [5.41, 5.74) is 1.87. The summed E-state index contributed by atoms with van der Waals surface area (Å²) >= 11 is 6.06. The molecule has 0 aliphatic rings. The van der Waals surface area contributed by atoms with Crippen LogP contribution in [0.5, 0.6) is 0 Å². The summed E-state index contributed by atoms with van der Waals surface area (Å²) in [6, 6.07) is 7.32. The van der Waals surface area contributed by atoms with Gasteiger partial charge in [-0.3, -0.25) is 4.79 Å². The largest absolute Gasteiger partial charge is 0.296 e. The van der Waals surface area contributed by atoms with Gasteiger partial charge in [-0.2, -0.15) is 0 Å². The van der Waals surface area contributed by atoms with Gasteiger partial charge in [0.25, 0.3) is 0 Å². The standard InChI is InChI=1S/C11H10ClN3O/c1-2-10-9(7-16)13-14-15(10)11-6-4-3-5-8(11)12/h3-7H,2H2,1H3. The third-order valence-electron chi connectivity index (χ3n) is 2.32. The van der Waals surface area contributed by atoms with Crippen LogP contribution in [0.15, 0.2) is 24.3 Å². The SMILES string of the molecule is CCc1c(C=O)nnn1-c1ccccc1Cl. The lowest BCUT2D eigenvalue weighted by molar-refractivity contribution is 0.111. The van der Waals surface area contributed by atoms with Crippen LogP contribution >= 0.6 is 11.6 Å². The molecule has 0 spiro atoms. The number of nitrogens with zero attached hydrogens (tertiary/aromatic N) is 3. The van der Waals surface area contributed by atoms with E-state index in [1.165, 1.54) is 0 Å². The molecule has 0 saturated carbocycles. The van der Waals surface area contributed by atoms with Gasteiger partial charge >= 0.3 is 0 Å². The molecule has 0 aliphatic heterocycles. The molecule has 2 rings (SSSR count). The van der Waals surface area contributed by atoms with Crippen LogP contribution in [0, 0.1) is 0 Å². The number of aromatic nitrogens is 3. The van der Waals surface area contributed by atoms with Crippen LogP contribution in [-0.2, 0) is 6.42 Å². The van der Waals surface area contributed by atoms with Gasteiger partial charge in [0.05, 0.1) is 16.4 Å². The minimum atomic E-state index is 0.363. The van der Waals surface area contributed by atoms with Crippen molar-refractivity contribution < 1.29 is 4.79 Å². The summed E-state index contributed by atoms with van der Waals surface area (Å²) in [7, 11) is 0. The molecule has 0 bridgehead atoms. The van der Waals surface area contributed by atoms with Crippen molar-refractivity contribution >= 4 is 17.9 Å². The first kappa shape index (κ1) is 10.8. The summed E-state index contributed by atoms with van der Waals surface area (Å²) in [6.45, 7) is 1.94. The monoisotopic (exact) mass is 235 g/mol. The van der Waals surface area contributed by atoms with Gasteiger partial charge in [-0.05, 0) is 18.6 Å². The fourth-order valence-electron chi connectivity index (χ4n) is 1.55. The third-order valence-corrected chi connectivity index (χ3v) is 2.64. The second-order valence-corrected chi connectivity index (χ2v) is 3.66. The molecule has 0 amide bonds. The first-order valence-corrected chi connectivity index (χ1v) is 5.30. The molecule has 16 heavy (non-hydrogen) atoms. The highest BCUT2D eigenvalue weighted by Gasteiger charge is 2.13. The highest BCUT2D eigenvalue weighted by molar-refractivity contribution is 6.32. The van der Waals surface area contributed by atoms with Crippen LogP contribution in [-0.4, -0.2) is 21.3 Å². The Balaban J connectivity index is 2.60. The molecule has 0 radical (unpaired) electrons. The number of benzene rings is 1. The summed E-state index contributed by atoms with van der Waals surface area (Å²) in [5, 5.41) is 8.33. The number of hydrogen-bond acceptors (Lipinski definition) is 3. The molecule has 0 fully saturated rings. The van der Waals surface area contributed by atoms with Gasteiger partial charge in [0.1, 0.15) is 5.69 Å². The molecule has 1 aromatic heterocycles. The van der Waals surface area contributed by atoms with Crippen molar-refractivity contribution in [1.82, 2.24) is 15.0 Å². The lowest BCUT2D eigenvalue weighted by Gasteiger charge is -2.06. The lowest BCUT2D eigenvalue weighted by Crippen LogP contribution is -2.03. The average molecular weight is 236 g/mol.